The normalized spacial score (nSPS) is 10.8. The third kappa shape index (κ3) is 5.17. The first kappa shape index (κ1) is 15.5. The molecule has 0 spiro atoms. The van der Waals surface area contributed by atoms with Gasteiger partial charge in [-0.25, -0.2) is 0 Å². The second kappa shape index (κ2) is 8.39. The largest absolute Gasteiger partial charge is 0.494 e. The minimum atomic E-state index is 0.170. The molecule has 1 aromatic carbocycles. The van der Waals surface area contributed by atoms with Gasteiger partial charge in [0.15, 0.2) is 0 Å². The topological polar surface area (TPSA) is 72.2 Å². The number of aliphatic hydroxyl groups is 1. The number of benzene rings is 1. The van der Waals surface area contributed by atoms with Crippen molar-refractivity contribution < 1.29 is 9.84 Å². The van der Waals surface area contributed by atoms with Gasteiger partial charge in [0, 0.05) is 32.4 Å². The van der Waals surface area contributed by atoms with E-state index in [1.54, 1.807) is 4.68 Å². The monoisotopic (exact) mass is 290 g/mol. The van der Waals surface area contributed by atoms with Gasteiger partial charge in [0.05, 0.1) is 12.3 Å². The van der Waals surface area contributed by atoms with E-state index in [4.69, 9.17) is 9.84 Å². The number of hydrogen-bond donors (Lipinski definition) is 2. The molecule has 0 bridgehead atoms. The quantitative estimate of drug-likeness (QED) is 0.729. The highest BCUT2D eigenvalue weighted by atomic mass is 16.5. The molecule has 0 aliphatic rings. The molecule has 6 heteroatoms. The number of nitrogens with one attached hydrogen (secondary N) is 1. The van der Waals surface area contributed by atoms with Crippen molar-refractivity contribution in [2.24, 2.45) is 0 Å². The van der Waals surface area contributed by atoms with E-state index in [0.717, 1.165) is 18.0 Å². The minimum absolute atomic E-state index is 0.170. The van der Waals surface area contributed by atoms with E-state index < -0.39 is 0 Å². The molecule has 0 unspecified atom stereocenters. The summed E-state index contributed by atoms with van der Waals surface area (Å²) in [4.78, 5) is 0. The Kier molecular flexibility index (Phi) is 6.18. The summed E-state index contributed by atoms with van der Waals surface area (Å²) < 4.78 is 7.23. The van der Waals surface area contributed by atoms with Crippen LogP contribution in [0.2, 0.25) is 0 Å². The molecule has 2 N–H and O–H groups in total. The van der Waals surface area contributed by atoms with Gasteiger partial charge in [-0.15, -0.1) is 5.10 Å². The van der Waals surface area contributed by atoms with Crippen molar-refractivity contribution in [2.75, 3.05) is 13.2 Å². The zero-order valence-corrected chi connectivity index (χ0v) is 12.3. The van der Waals surface area contributed by atoms with Crippen LogP contribution >= 0.6 is 0 Å². The molecule has 21 heavy (non-hydrogen) atoms. The molecule has 2 aromatic rings. The van der Waals surface area contributed by atoms with Crippen molar-refractivity contribution in [2.45, 2.75) is 33.0 Å². The second-order valence-corrected chi connectivity index (χ2v) is 4.73. The third-order valence-corrected chi connectivity index (χ3v) is 2.98. The Morgan fingerprint density at radius 3 is 3.05 bits per heavy atom. The summed E-state index contributed by atoms with van der Waals surface area (Å²) in [6.07, 6.45) is 2.60. The fourth-order valence-corrected chi connectivity index (χ4v) is 2.01. The van der Waals surface area contributed by atoms with E-state index in [1.807, 2.05) is 31.3 Å². The van der Waals surface area contributed by atoms with Gasteiger partial charge in [0.25, 0.3) is 0 Å². The number of aliphatic hydroxyl groups excluding tert-OH is 1. The predicted molar refractivity (Wildman–Crippen MR) is 79.9 cm³/mol. The summed E-state index contributed by atoms with van der Waals surface area (Å²) in [7, 11) is 0. The van der Waals surface area contributed by atoms with Crippen molar-refractivity contribution in [3.05, 3.63) is 41.7 Å². The van der Waals surface area contributed by atoms with Gasteiger partial charge in [0.2, 0.25) is 0 Å². The van der Waals surface area contributed by atoms with Gasteiger partial charge < -0.3 is 15.2 Å². The summed E-state index contributed by atoms with van der Waals surface area (Å²) in [6, 6.07) is 8.05. The van der Waals surface area contributed by atoms with Crippen LogP contribution in [0.1, 0.15) is 24.6 Å². The highest BCUT2D eigenvalue weighted by Crippen LogP contribution is 2.13. The van der Waals surface area contributed by atoms with E-state index in [2.05, 4.69) is 21.7 Å². The zero-order chi connectivity index (χ0) is 14.9. The van der Waals surface area contributed by atoms with E-state index in [0.29, 0.717) is 26.1 Å². The molecular formula is C15H22N4O2. The molecule has 0 fully saturated rings. The maximum absolute atomic E-state index is 8.78. The van der Waals surface area contributed by atoms with Crippen LogP contribution < -0.4 is 10.1 Å². The van der Waals surface area contributed by atoms with Gasteiger partial charge in [-0.1, -0.05) is 17.3 Å². The Morgan fingerprint density at radius 1 is 1.33 bits per heavy atom. The Balaban J connectivity index is 1.78. The Labute approximate surface area is 124 Å². The summed E-state index contributed by atoms with van der Waals surface area (Å²) in [5.41, 5.74) is 2.07. The van der Waals surface area contributed by atoms with Gasteiger partial charge in [-0.2, -0.15) is 0 Å². The first-order chi connectivity index (χ1) is 10.3. The van der Waals surface area contributed by atoms with Gasteiger partial charge in [-0.05, 0) is 31.0 Å². The summed E-state index contributed by atoms with van der Waals surface area (Å²) in [6.45, 7) is 4.94. The fraction of sp³-hybridized carbons (Fsp3) is 0.467. The molecule has 0 saturated carbocycles. The molecular weight excluding hydrogens is 268 g/mol. The van der Waals surface area contributed by atoms with Crippen LogP contribution in [-0.2, 0) is 19.6 Å². The van der Waals surface area contributed by atoms with Gasteiger partial charge >= 0.3 is 0 Å². The molecule has 6 nitrogen and oxygen atoms in total. The maximum Gasteiger partial charge on any atom is 0.119 e. The molecule has 114 valence electrons. The van der Waals surface area contributed by atoms with Crippen molar-refractivity contribution in [3.63, 3.8) is 0 Å². The van der Waals surface area contributed by atoms with Crippen molar-refractivity contribution in [3.8, 4) is 5.75 Å². The highest BCUT2D eigenvalue weighted by Gasteiger charge is 2.01. The average Bonchev–Trinajstić information content (AvgIpc) is 2.94. The number of aryl methyl sites for hydroxylation is 1. The minimum Gasteiger partial charge on any atom is -0.494 e. The first-order valence-corrected chi connectivity index (χ1v) is 7.24. The second-order valence-electron chi connectivity index (χ2n) is 4.73. The van der Waals surface area contributed by atoms with Crippen LogP contribution in [-0.4, -0.2) is 33.3 Å². The Bertz CT molecular complexity index is 542. The van der Waals surface area contributed by atoms with E-state index >= 15 is 0 Å². The highest BCUT2D eigenvalue weighted by molar-refractivity contribution is 5.28. The average molecular weight is 290 g/mol. The van der Waals surface area contributed by atoms with Crippen molar-refractivity contribution in [1.29, 1.82) is 0 Å². The van der Waals surface area contributed by atoms with Gasteiger partial charge in [0.1, 0.15) is 5.75 Å². The lowest BCUT2D eigenvalue weighted by atomic mass is 10.2. The molecule has 0 amide bonds. The van der Waals surface area contributed by atoms with E-state index in [-0.39, 0.29) is 6.61 Å². The van der Waals surface area contributed by atoms with Crippen molar-refractivity contribution in [1.82, 2.24) is 20.3 Å². The molecule has 0 aliphatic heterocycles. The number of nitrogens with zero attached hydrogens (tertiary/aromatic N) is 3. The lowest BCUT2D eigenvalue weighted by Crippen LogP contribution is -2.13. The number of rotatable bonds is 9. The molecule has 1 heterocycles. The SMILES string of the molecule is CCOc1cccc(CNCc2cn(CCCO)nn2)c1. The predicted octanol–water partition coefficient (Wildman–Crippen LogP) is 1.35. The molecule has 0 saturated heterocycles. The summed E-state index contributed by atoms with van der Waals surface area (Å²) >= 11 is 0. The standard InChI is InChI=1S/C15H22N4O2/c1-2-21-15-6-3-5-13(9-15)10-16-11-14-12-19(18-17-14)7-4-8-20/h3,5-6,9,12,16,20H,2,4,7-8,10-11H2,1H3. The fourth-order valence-electron chi connectivity index (χ4n) is 2.01. The van der Waals surface area contributed by atoms with E-state index in [9.17, 15) is 0 Å². The number of ether oxygens (including phenoxy) is 1. The van der Waals surface area contributed by atoms with Crippen LogP contribution in [0, 0.1) is 0 Å². The van der Waals surface area contributed by atoms with Crippen LogP contribution in [0.5, 0.6) is 5.75 Å². The third-order valence-electron chi connectivity index (χ3n) is 2.98. The molecule has 1 aromatic heterocycles. The molecule has 0 atom stereocenters. The number of hydrogen-bond acceptors (Lipinski definition) is 5. The Morgan fingerprint density at radius 2 is 2.24 bits per heavy atom. The van der Waals surface area contributed by atoms with Crippen LogP contribution in [0.25, 0.3) is 0 Å². The van der Waals surface area contributed by atoms with Crippen LogP contribution in [0.15, 0.2) is 30.5 Å². The lowest BCUT2D eigenvalue weighted by Gasteiger charge is -2.06. The summed E-state index contributed by atoms with van der Waals surface area (Å²) in [5, 5.41) is 20.2. The lowest BCUT2D eigenvalue weighted by molar-refractivity contribution is 0.276. The molecule has 0 aliphatic carbocycles. The molecule has 0 radical (unpaired) electrons. The van der Waals surface area contributed by atoms with Crippen molar-refractivity contribution >= 4 is 0 Å². The zero-order valence-electron chi connectivity index (χ0n) is 12.3. The molecule has 2 rings (SSSR count). The van der Waals surface area contributed by atoms with Gasteiger partial charge in [-0.3, -0.25) is 4.68 Å². The maximum atomic E-state index is 8.78. The Hall–Kier alpha value is -1.92. The number of aromatic nitrogens is 3. The van der Waals surface area contributed by atoms with Crippen LogP contribution in [0.3, 0.4) is 0 Å². The first-order valence-electron chi connectivity index (χ1n) is 7.24. The van der Waals surface area contributed by atoms with E-state index in [1.165, 1.54) is 5.56 Å². The van der Waals surface area contributed by atoms with Crippen LogP contribution in [0.4, 0.5) is 0 Å². The summed E-state index contributed by atoms with van der Waals surface area (Å²) in [5.74, 6) is 0.895. The smallest absolute Gasteiger partial charge is 0.119 e.